The van der Waals surface area contributed by atoms with E-state index < -0.39 is 0 Å². The number of hydrogen-bond donors (Lipinski definition) is 2. The summed E-state index contributed by atoms with van der Waals surface area (Å²) in [6.07, 6.45) is 0. The Morgan fingerprint density at radius 3 is 2.19 bits per heavy atom. The maximum absolute atomic E-state index is 12.2. The lowest BCUT2D eigenvalue weighted by molar-refractivity contribution is -0.120. The second-order valence-electron chi connectivity index (χ2n) is 6.46. The fourth-order valence-electron chi connectivity index (χ4n) is 2.87. The molecule has 0 radical (unpaired) electrons. The highest BCUT2D eigenvalue weighted by Gasteiger charge is 2.14. The smallest absolute Gasteiger partial charge is 0.251 e. The van der Waals surface area contributed by atoms with Crippen LogP contribution in [0.3, 0.4) is 0 Å². The van der Waals surface area contributed by atoms with Gasteiger partial charge in [0.1, 0.15) is 0 Å². The Morgan fingerprint density at radius 1 is 0.963 bits per heavy atom. The molecular formula is C21H26N2O4. The lowest BCUT2D eigenvalue weighted by atomic mass is 10.1. The number of aryl methyl sites for hydroxylation is 2. The van der Waals surface area contributed by atoms with Crippen molar-refractivity contribution in [1.82, 2.24) is 10.6 Å². The number of carbonyl (C=O) groups is 2. The van der Waals surface area contributed by atoms with Gasteiger partial charge in [0.2, 0.25) is 5.91 Å². The minimum atomic E-state index is -0.269. The Hall–Kier alpha value is -3.02. The molecule has 2 aromatic carbocycles. The molecule has 0 bridgehead atoms. The SMILES string of the molecule is COc1ccc(C(C)NC(=O)CNC(=O)c2cc(C)cc(C)c2)cc1OC. The Labute approximate surface area is 159 Å². The van der Waals surface area contributed by atoms with Crippen molar-refractivity contribution in [2.24, 2.45) is 0 Å². The average Bonchev–Trinajstić information content (AvgIpc) is 2.64. The number of hydrogen-bond acceptors (Lipinski definition) is 4. The molecule has 0 spiro atoms. The molecule has 6 heteroatoms. The summed E-state index contributed by atoms with van der Waals surface area (Å²) in [5.41, 5.74) is 3.44. The zero-order valence-electron chi connectivity index (χ0n) is 16.4. The summed E-state index contributed by atoms with van der Waals surface area (Å²) in [6.45, 7) is 5.64. The molecule has 0 heterocycles. The van der Waals surface area contributed by atoms with Crippen LogP contribution in [0.5, 0.6) is 11.5 Å². The number of amides is 2. The molecule has 0 aromatic heterocycles. The van der Waals surface area contributed by atoms with Gasteiger partial charge in [0.25, 0.3) is 5.91 Å². The van der Waals surface area contributed by atoms with E-state index in [0.717, 1.165) is 16.7 Å². The van der Waals surface area contributed by atoms with Crippen molar-refractivity contribution >= 4 is 11.8 Å². The molecule has 144 valence electrons. The number of nitrogens with one attached hydrogen (secondary N) is 2. The van der Waals surface area contributed by atoms with Gasteiger partial charge in [0.05, 0.1) is 26.8 Å². The highest BCUT2D eigenvalue weighted by atomic mass is 16.5. The van der Waals surface area contributed by atoms with E-state index in [4.69, 9.17) is 9.47 Å². The summed E-state index contributed by atoms with van der Waals surface area (Å²) in [5.74, 6) is 0.686. The van der Waals surface area contributed by atoms with Crippen LogP contribution in [0.25, 0.3) is 0 Å². The van der Waals surface area contributed by atoms with Crippen LogP contribution in [0, 0.1) is 13.8 Å². The Kier molecular flexibility index (Phi) is 6.82. The zero-order valence-corrected chi connectivity index (χ0v) is 16.4. The molecule has 1 unspecified atom stereocenters. The van der Waals surface area contributed by atoms with Crippen molar-refractivity contribution in [3.05, 3.63) is 58.7 Å². The summed E-state index contributed by atoms with van der Waals surface area (Å²) in [7, 11) is 3.13. The molecule has 0 aliphatic heterocycles. The van der Waals surface area contributed by atoms with Crippen molar-refractivity contribution in [3.63, 3.8) is 0 Å². The van der Waals surface area contributed by atoms with Gasteiger partial charge in [-0.05, 0) is 50.6 Å². The molecular weight excluding hydrogens is 344 g/mol. The summed E-state index contributed by atoms with van der Waals surface area (Å²) in [6, 6.07) is 10.8. The molecule has 6 nitrogen and oxygen atoms in total. The molecule has 27 heavy (non-hydrogen) atoms. The van der Waals surface area contributed by atoms with Gasteiger partial charge in [0.15, 0.2) is 11.5 Å². The minimum Gasteiger partial charge on any atom is -0.493 e. The fourth-order valence-corrected chi connectivity index (χ4v) is 2.87. The van der Waals surface area contributed by atoms with Crippen LogP contribution in [-0.4, -0.2) is 32.6 Å². The first-order valence-electron chi connectivity index (χ1n) is 8.71. The van der Waals surface area contributed by atoms with Crippen LogP contribution in [0.4, 0.5) is 0 Å². The lowest BCUT2D eigenvalue weighted by Gasteiger charge is -2.17. The Morgan fingerprint density at radius 2 is 1.59 bits per heavy atom. The van der Waals surface area contributed by atoms with Crippen molar-refractivity contribution < 1.29 is 19.1 Å². The molecule has 1 atom stereocenters. The summed E-state index contributed by atoms with van der Waals surface area (Å²) in [5, 5.41) is 5.52. The van der Waals surface area contributed by atoms with Gasteiger partial charge in [0, 0.05) is 5.56 Å². The first kappa shape index (κ1) is 20.3. The summed E-state index contributed by atoms with van der Waals surface area (Å²) in [4.78, 5) is 24.4. The molecule has 2 aromatic rings. The van der Waals surface area contributed by atoms with E-state index in [0.29, 0.717) is 17.1 Å². The van der Waals surface area contributed by atoms with Gasteiger partial charge in [-0.25, -0.2) is 0 Å². The standard InChI is InChI=1S/C21H26N2O4/c1-13-8-14(2)10-17(9-13)21(25)22-12-20(24)23-15(3)16-6-7-18(26-4)19(11-16)27-5/h6-11,15H,12H2,1-5H3,(H,22,25)(H,23,24). The van der Waals surface area contributed by atoms with Crippen LogP contribution < -0.4 is 20.1 Å². The molecule has 0 saturated carbocycles. The lowest BCUT2D eigenvalue weighted by Crippen LogP contribution is -2.38. The van der Waals surface area contributed by atoms with Crippen molar-refractivity contribution in [2.75, 3.05) is 20.8 Å². The molecule has 0 fully saturated rings. The van der Waals surface area contributed by atoms with Crippen LogP contribution in [0.15, 0.2) is 36.4 Å². The van der Waals surface area contributed by atoms with Crippen LogP contribution in [0.1, 0.15) is 40.0 Å². The highest BCUT2D eigenvalue weighted by Crippen LogP contribution is 2.29. The number of rotatable bonds is 7. The zero-order chi connectivity index (χ0) is 20.0. The molecule has 2 amide bonds. The second-order valence-corrected chi connectivity index (χ2v) is 6.46. The van der Waals surface area contributed by atoms with E-state index in [9.17, 15) is 9.59 Å². The predicted molar refractivity (Wildman–Crippen MR) is 104 cm³/mol. The number of benzene rings is 2. The van der Waals surface area contributed by atoms with E-state index in [1.807, 2.05) is 39.0 Å². The molecule has 2 N–H and O–H groups in total. The first-order chi connectivity index (χ1) is 12.8. The maximum atomic E-state index is 12.2. The maximum Gasteiger partial charge on any atom is 0.251 e. The van der Waals surface area contributed by atoms with Gasteiger partial charge in [-0.3, -0.25) is 9.59 Å². The summed E-state index contributed by atoms with van der Waals surface area (Å²) >= 11 is 0. The topological polar surface area (TPSA) is 76.7 Å². The quantitative estimate of drug-likeness (QED) is 0.786. The van der Waals surface area contributed by atoms with Crippen LogP contribution >= 0.6 is 0 Å². The molecule has 0 saturated heterocycles. The van der Waals surface area contributed by atoms with Gasteiger partial charge in [-0.1, -0.05) is 23.3 Å². The van der Waals surface area contributed by atoms with Crippen LogP contribution in [-0.2, 0) is 4.79 Å². The van der Waals surface area contributed by atoms with Gasteiger partial charge in [-0.2, -0.15) is 0 Å². The molecule has 0 aliphatic rings. The Balaban J connectivity index is 1.94. The third-order valence-corrected chi connectivity index (χ3v) is 4.18. The van der Waals surface area contributed by atoms with Crippen molar-refractivity contribution in [3.8, 4) is 11.5 Å². The monoisotopic (exact) mass is 370 g/mol. The largest absolute Gasteiger partial charge is 0.493 e. The number of methoxy groups -OCH3 is 2. The average molecular weight is 370 g/mol. The second kappa shape index (κ2) is 9.07. The highest BCUT2D eigenvalue weighted by molar-refractivity contribution is 5.96. The fraction of sp³-hybridized carbons (Fsp3) is 0.333. The Bertz CT molecular complexity index is 813. The van der Waals surface area contributed by atoms with E-state index >= 15 is 0 Å². The summed E-state index contributed by atoms with van der Waals surface area (Å²) < 4.78 is 10.5. The number of carbonyl (C=O) groups excluding carboxylic acids is 2. The van der Waals surface area contributed by atoms with E-state index in [2.05, 4.69) is 10.6 Å². The minimum absolute atomic E-state index is 0.0938. The van der Waals surface area contributed by atoms with Crippen molar-refractivity contribution in [1.29, 1.82) is 0 Å². The third-order valence-electron chi connectivity index (χ3n) is 4.18. The van der Waals surface area contributed by atoms with Gasteiger partial charge in [-0.15, -0.1) is 0 Å². The van der Waals surface area contributed by atoms with Crippen molar-refractivity contribution in [2.45, 2.75) is 26.8 Å². The first-order valence-corrected chi connectivity index (χ1v) is 8.71. The molecule has 0 aliphatic carbocycles. The third kappa shape index (κ3) is 5.48. The van der Waals surface area contributed by atoms with E-state index in [-0.39, 0.29) is 24.4 Å². The normalized spacial score (nSPS) is 11.4. The van der Waals surface area contributed by atoms with Crippen LogP contribution in [0.2, 0.25) is 0 Å². The predicted octanol–water partition coefficient (Wildman–Crippen LogP) is 2.93. The molecule has 2 rings (SSSR count). The van der Waals surface area contributed by atoms with E-state index in [1.165, 1.54) is 0 Å². The van der Waals surface area contributed by atoms with Gasteiger partial charge >= 0.3 is 0 Å². The van der Waals surface area contributed by atoms with Gasteiger partial charge < -0.3 is 20.1 Å². The number of ether oxygens (including phenoxy) is 2. The van der Waals surface area contributed by atoms with E-state index in [1.54, 1.807) is 32.4 Å².